The summed E-state index contributed by atoms with van der Waals surface area (Å²) < 4.78 is 0. The van der Waals surface area contributed by atoms with Gasteiger partial charge >= 0.3 is 0 Å². The fraction of sp³-hybridized carbons (Fsp3) is 0.800. The van der Waals surface area contributed by atoms with E-state index in [1.807, 2.05) is 6.92 Å². The van der Waals surface area contributed by atoms with Crippen LogP contribution in [0.3, 0.4) is 0 Å². The summed E-state index contributed by atoms with van der Waals surface area (Å²) in [4.78, 5) is 13.3. The van der Waals surface area contributed by atoms with Gasteiger partial charge in [0.15, 0.2) is 0 Å². The van der Waals surface area contributed by atoms with Crippen molar-refractivity contribution in [3.8, 4) is 6.07 Å². The molecule has 0 N–H and O–H groups in total. The highest BCUT2D eigenvalue weighted by Gasteiger charge is 2.26. The SMILES string of the molecule is CCN(CCC#N)C(=O)CC1CC1. The van der Waals surface area contributed by atoms with Crippen LogP contribution in [-0.2, 0) is 4.79 Å². The molecule has 0 heterocycles. The summed E-state index contributed by atoms with van der Waals surface area (Å²) >= 11 is 0. The average molecular weight is 180 g/mol. The van der Waals surface area contributed by atoms with E-state index in [1.165, 1.54) is 12.8 Å². The summed E-state index contributed by atoms with van der Waals surface area (Å²) in [5.74, 6) is 0.865. The van der Waals surface area contributed by atoms with Crippen LogP contribution in [0.15, 0.2) is 0 Å². The maximum atomic E-state index is 11.5. The average Bonchev–Trinajstić information content (AvgIpc) is 2.90. The van der Waals surface area contributed by atoms with Gasteiger partial charge in [-0.25, -0.2) is 0 Å². The van der Waals surface area contributed by atoms with Gasteiger partial charge in [-0.15, -0.1) is 0 Å². The Morgan fingerprint density at radius 1 is 1.62 bits per heavy atom. The molecule has 1 aliphatic rings. The summed E-state index contributed by atoms with van der Waals surface area (Å²) in [6.07, 6.45) is 3.56. The van der Waals surface area contributed by atoms with Gasteiger partial charge in [0, 0.05) is 19.5 Å². The molecule has 0 aromatic heterocycles. The predicted octanol–water partition coefficient (Wildman–Crippen LogP) is 1.55. The molecule has 0 saturated heterocycles. The van der Waals surface area contributed by atoms with E-state index >= 15 is 0 Å². The van der Waals surface area contributed by atoms with Crippen LogP contribution in [0.25, 0.3) is 0 Å². The van der Waals surface area contributed by atoms with Gasteiger partial charge in [-0.3, -0.25) is 4.79 Å². The predicted molar refractivity (Wildman–Crippen MR) is 49.8 cm³/mol. The molecular formula is C10H16N2O. The van der Waals surface area contributed by atoms with E-state index in [-0.39, 0.29) is 5.91 Å². The first-order chi connectivity index (χ1) is 6.27. The fourth-order valence-corrected chi connectivity index (χ4v) is 1.34. The lowest BCUT2D eigenvalue weighted by atomic mass is 10.2. The molecule has 1 saturated carbocycles. The minimum atomic E-state index is 0.222. The van der Waals surface area contributed by atoms with E-state index in [0.717, 1.165) is 6.54 Å². The number of nitrogens with zero attached hydrogens (tertiary/aromatic N) is 2. The Hall–Kier alpha value is -1.04. The molecule has 1 rings (SSSR count). The number of amides is 1. The van der Waals surface area contributed by atoms with Crippen molar-refractivity contribution in [1.29, 1.82) is 5.26 Å². The monoisotopic (exact) mass is 180 g/mol. The molecule has 0 atom stereocenters. The second-order valence-corrected chi connectivity index (χ2v) is 3.53. The molecule has 0 radical (unpaired) electrons. The Kier molecular flexibility index (Phi) is 3.75. The van der Waals surface area contributed by atoms with Crippen molar-refractivity contribution in [2.45, 2.75) is 32.6 Å². The quantitative estimate of drug-likeness (QED) is 0.644. The zero-order chi connectivity index (χ0) is 9.68. The van der Waals surface area contributed by atoms with Crippen LogP contribution in [0.4, 0.5) is 0 Å². The lowest BCUT2D eigenvalue weighted by Crippen LogP contribution is -2.31. The normalized spacial score (nSPS) is 15.1. The molecule has 0 bridgehead atoms. The summed E-state index contributed by atoms with van der Waals surface area (Å²) in [6.45, 7) is 3.29. The maximum Gasteiger partial charge on any atom is 0.222 e. The van der Waals surface area contributed by atoms with Crippen LogP contribution in [0.1, 0.15) is 32.6 Å². The topological polar surface area (TPSA) is 44.1 Å². The lowest BCUT2D eigenvalue weighted by molar-refractivity contribution is -0.131. The molecule has 0 aliphatic heterocycles. The third kappa shape index (κ3) is 3.45. The number of hydrogen-bond acceptors (Lipinski definition) is 2. The zero-order valence-electron chi connectivity index (χ0n) is 8.12. The third-order valence-electron chi connectivity index (χ3n) is 2.39. The maximum absolute atomic E-state index is 11.5. The third-order valence-corrected chi connectivity index (χ3v) is 2.39. The Balaban J connectivity index is 2.26. The molecule has 1 aliphatic carbocycles. The molecule has 72 valence electrons. The number of hydrogen-bond donors (Lipinski definition) is 0. The number of carbonyl (C=O) groups is 1. The Morgan fingerprint density at radius 3 is 2.77 bits per heavy atom. The smallest absolute Gasteiger partial charge is 0.222 e. The first-order valence-electron chi connectivity index (χ1n) is 4.92. The largest absolute Gasteiger partial charge is 0.342 e. The van der Waals surface area contributed by atoms with Crippen molar-refractivity contribution in [1.82, 2.24) is 4.90 Å². The van der Waals surface area contributed by atoms with Gasteiger partial charge in [-0.2, -0.15) is 5.26 Å². The Morgan fingerprint density at radius 2 is 2.31 bits per heavy atom. The zero-order valence-corrected chi connectivity index (χ0v) is 8.12. The van der Waals surface area contributed by atoms with Gasteiger partial charge in [0.1, 0.15) is 0 Å². The van der Waals surface area contributed by atoms with Gasteiger partial charge in [-0.1, -0.05) is 0 Å². The van der Waals surface area contributed by atoms with Gasteiger partial charge in [-0.05, 0) is 25.7 Å². The van der Waals surface area contributed by atoms with Crippen molar-refractivity contribution in [3.05, 3.63) is 0 Å². The van der Waals surface area contributed by atoms with E-state index in [2.05, 4.69) is 6.07 Å². The molecule has 0 unspecified atom stereocenters. The second-order valence-electron chi connectivity index (χ2n) is 3.53. The van der Waals surface area contributed by atoms with Crippen LogP contribution in [0, 0.1) is 17.2 Å². The molecule has 0 aromatic rings. The second kappa shape index (κ2) is 4.86. The van der Waals surface area contributed by atoms with Crippen LogP contribution in [0.5, 0.6) is 0 Å². The standard InChI is InChI=1S/C10H16N2O/c1-2-12(7-3-6-11)10(13)8-9-4-5-9/h9H,2-5,7-8H2,1H3. The summed E-state index contributed by atoms with van der Waals surface area (Å²) in [6, 6.07) is 2.06. The van der Waals surface area contributed by atoms with Gasteiger partial charge in [0.2, 0.25) is 5.91 Å². The highest BCUT2D eigenvalue weighted by atomic mass is 16.2. The summed E-state index contributed by atoms with van der Waals surface area (Å²) in [7, 11) is 0. The molecule has 3 nitrogen and oxygen atoms in total. The van der Waals surface area contributed by atoms with E-state index in [1.54, 1.807) is 4.90 Å². The first kappa shape index (κ1) is 10.0. The van der Waals surface area contributed by atoms with Crippen molar-refractivity contribution in [3.63, 3.8) is 0 Å². The molecule has 1 amide bonds. The van der Waals surface area contributed by atoms with Gasteiger partial charge in [0.25, 0.3) is 0 Å². The highest BCUT2D eigenvalue weighted by molar-refractivity contribution is 5.76. The van der Waals surface area contributed by atoms with Gasteiger partial charge < -0.3 is 4.90 Å². The first-order valence-corrected chi connectivity index (χ1v) is 4.92. The number of nitriles is 1. The Labute approximate surface area is 79.3 Å². The van der Waals surface area contributed by atoms with E-state index < -0.39 is 0 Å². The lowest BCUT2D eigenvalue weighted by Gasteiger charge is -2.19. The molecule has 0 spiro atoms. The van der Waals surface area contributed by atoms with Crippen molar-refractivity contribution >= 4 is 5.91 Å². The summed E-state index contributed by atoms with van der Waals surface area (Å²) in [5, 5.41) is 8.40. The molecule has 13 heavy (non-hydrogen) atoms. The number of rotatable bonds is 5. The van der Waals surface area contributed by atoms with Crippen molar-refractivity contribution < 1.29 is 4.79 Å². The van der Waals surface area contributed by atoms with E-state index in [0.29, 0.717) is 25.3 Å². The molecule has 1 fully saturated rings. The minimum Gasteiger partial charge on any atom is -0.342 e. The minimum absolute atomic E-state index is 0.222. The van der Waals surface area contributed by atoms with Crippen LogP contribution >= 0.6 is 0 Å². The fourth-order valence-electron chi connectivity index (χ4n) is 1.34. The Bertz CT molecular complexity index is 215. The summed E-state index contributed by atoms with van der Waals surface area (Å²) in [5.41, 5.74) is 0. The van der Waals surface area contributed by atoms with Crippen LogP contribution in [-0.4, -0.2) is 23.9 Å². The molecule has 0 aromatic carbocycles. The van der Waals surface area contributed by atoms with Crippen molar-refractivity contribution in [2.24, 2.45) is 5.92 Å². The van der Waals surface area contributed by atoms with Crippen molar-refractivity contribution in [2.75, 3.05) is 13.1 Å². The van der Waals surface area contributed by atoms with E-state index in [9.17, 15) is 4.79 Å². The van der Waals surface area contributed by atoms with Gasteiger partial charge in [0.05, 0.1) is 12.5 Å². The van der Waals surface area contributed by atoms with E-state index in [4.69, 9.17) is 5.26 Å². The molecular weight excluding hydrogens is 164 g/mol. The number of carbonyl (C=O) groups excluding carboxylic acids is 1. The highest BCUT2D eigenvalue weighted by Crippen LogP contribution is 2.32. The van der Waals surface area contributed by atoms with Crippen LogP contribution < -0.4 is 0 Å². The van der Waals surface area contributed by atoms with Crippen LogP contribution in [0.2, 0.25) is 0 Å². The molecule has 3 heteroatoms.